The summed E-state index contributed by atoms with van der Waals surface area (Å²) >= 11 is 21.0. The van der Waals surface area contributed by atoms with Crippen LogP contribution in [0.1, 0.15) is 0 Å². The van der Waals surface area contributed by atoms with Crippen LogP contribution in [0, 0.1) is 10.1 Å². The van der Waals surface area contributed by atoms with Crippen molar-refractivity contribution in [3.63, 3.8) is 0 Å². The highest BCUT2D eigenvalue weighted by Crippen LogP contribution is 2.46. The molecule has 0 bridgehead atoms. The van der Waals surface area contributed by atoms with Gasteiger partial charge in [0, 0.05) is 11.6 Å². The van der Waals surface area contributed by atoms with Gasteiger partial charge in [0.25, 0.3) is 0 Å². The lowest BCUT2D eigenvalue weighted by molar-refractivity contribution is -0.384. The SMILES string of the molecule is O=[N+]([O-])c1c(Cl)cc(Cl)c(OC(F)(F)Cl)c1Cl. The minimum Gasteiger partial charge on any atom is -0.416 e. The summed E-state index contributed by atoms with van der Waals surface area (Å²) in [5.74, 6) is -0.815. The maximum absolute atomic E-state index is 12.4. The second-order valence-corrected chi connectivity index (χ2v) is 4.27. The van der Waals surface area contributed by atoms with Crippen LogP contribution in [0.15, 0.2) is 6.07 Å². The van der Waals surface area contributed by atoms with Gasteiger partial charge in [0.05, 0.1) is 9.95 Å². The summed E-state index contributed by atoms with van der Waals surface area (Å²) in [6.07, 6.45) is 0. The Balaban J connectivity index is 3.41. The second-order valence-electron chi connectivity index (χ2n) is 2.64. The predicted molar refractivity (Wildman–Crippen MR) is 59.6 cm³/mol. The highest BCUT2D eigenvalue weighted by molar-refractivity contribution is 6.42. The van der Waals surface area contributed by atoms with E-state index in [-0.39, 0.29) is 0 Å². The predicted octanol–water partition coefficient (Wildman–Crippen LogP) is 4.72. The summed E-state index contributed by atoms with van der Waals surface area (Å²) in [5, 5.41) is 9.00. The minimum absolute atomic E-state index is 0.407. The van der Waals surface area contributed by atoms with Crippen molar-refractivity contribution in [1.82, 2.24) is 0 Å². The van der Waals surface area contributed by atoms with E-state index < -0.39 is 37.0 Å². The van der Waals surface area contributed by atoms with Gasteiger partial charge in [0.1, 0.15) is 5.02 Å². The van der Waals surface area contributed by atoms with Crippen LogP contribution in [0.4, 0.5) is 14.5 Å². The van der Waals surface area contributed by atoms with Crippen molar-refractivity contribution < 1.29 is 18.4 Å². The topological polar surface area (TPSA) is 52.4 Å². The third kappa shape index (κ3) is 3.45. The first kappa shape index (κ1) is 14.5. The van der Waals surface area contributed by atoms with E-state index in [1.54, 1.807) is 0 Å². The molecule has 1 aromatic carbocycles. The number of nitro benzene ring substituents is 1. The summed E-state index contributed by atoms with van der Waals surface area (Å²) in [6.45, 7) is 0. The number of hydrogen-bond acceptors (Lipinski definition) is 3. The van der Waals surface area contributed by atoms with Gasteiger partial charge < -0.3 is 4.74 Å². The molecular formula is C7HCl4F2NO3. The minimum atomic E-state index is -4.10. The van der Waals surface area contributed by atoms with Crippen LogP contribution in [0.25, 0.3) is 0 Å². The number of nitrogens with zero attached hydrogens (tertiary/aromatic N) is 1. The van der Waals surface area contributed by atoms with Gasteiger partial charge in [-0.15, -0.1) is 8.78 Å². The number of hydrogen-bond donors (Lipinski definition) is 0. The van der Waals surface area contributed by atoms with Crippen LogP contribution in [0.5, 0.6) is 5.75 Å². The number of alkyl halides is 3. The number of nitro groups is 1. The van der Waals surface area contributed by atoms with Crippen LogP contribution in [-0.4, -0.2) is 10.5 Å². The van der Waals surface area contributed by atoms with Gasteiger partial charge in [0.2, 0.25) is 0 Å². The van der Waals surface area contributed by atoms with Crippen molar-refractivity contribution in [2.24, 2.45) is 0 Å². The van der Waals surface area contributed by atoms with Crippen LogP contribution in [0.3, 0.4) is 0 Å². The molecule has 1 rings (SSSR count). The Kier molecular flexibility index (Phi) is 4.24. The van der Waals surface area contributed by atoms with Gasteiger partial charge >= 0.3 is 11.3 Å². The first-order valence-corrected chi connectivity index (χ1v) is 5.22. The zero-order valence-corrected chi connectivity index (χ0v) is 10.5. The van der Waals surface area contributed by atoms with Crippen molar-refractivity contribution in [3.8, 4) is 5.75 Å². The Labute approximate surface area is 113 Å². The Morgan fingerprint density at radius 3 is 2.24 bits per heavy atom. The van der Waals surface area contributed by atoms with E-state index in [4.69, 9.17) is 34.8 Å². The Bertz CT molecular complexity index is 477. The monoisotopic (exact) mass is 325 g/mol. The summed E-state index contributed by atoms with van der Waals surface area (Å²) in [5.41, 5.74) is -4.90. The van der Waals surface area contributed by atoms with Crippen molar-refractivity contribution in [2.75, 3.05) is 0 Å². The van der Waals surface area contributed by atoms with Crippen molar-refractivity contribution >= 4 is 52.1 Å². The molecule has 0 aliphatic rings. The van der Waals surface area contributed by atoms with Gasteiger partial charge in [-0.3, -0.25) is 10.1 Å². The van der Waals surface area contributed by atoms with Crippen LogP contribution >= 0.6 is 46.4 Å². The van der Waals surface area contributed by atoms with E-state index >= 15 is 0 Å². The average molecular weight is 327 g/mol. The molecule has 0 amide bonds. The molecule has 0 N–H and O–H groups in total. The summed E-state index contributed by atoms with van der Waals surface area (Å²) < 4.78 is 28.8. The average Bonchev–Trinajstić information content (AvgIpc) is 2.09. The Morgan fingerprint density at radius 2 is 1.82 bits per heavy atom. The number of ether oxygens (including phenoxy) is 1. The van der Waals surface area contributed by atoms with Crippen molar-refractivity contribution in [2.45, 2.75) is 5.57 Å². The number of benzene rings is 1. The van der Waals surface area contributed by atoms with Gasteiger partial charge in [-0.05, 0) is 6.07 Å². The molecule has 0 spiro atoms. The normalized spacial score (nSPS) is 11.4. The van der Waals surface area contributed by atoms with E-state index in [2.05, 4.69) is 16.3 Å². The first-order valence-electron chi connectivity index (χ1n) is 3.71. The molecule has 10 heteroatoms. The molecule has 0 saturated carbocycles. The molecule has 0 aliphatic carbocycles. The molecular weight excluding hydrogens is 326 g/mol. The molecule has 0 saturated heterocycles. The molecule has 0 aliphatic heterocycles. The molecule has 0 radical (unpaired) electrons. The maximum Gasteiger partial charge on any atom is 0.487 e. The molecule has 0 unspecified atom stereocenters. The molecule has 0 atom stereocenters. The fourth-order valence-electron chi connectivity index (χ4n) is 0.939. The number of rotatable bonds is 3. The standard InChI is InChI=1S/C7HCl4F2NO3/c8-2-1-3(9)6(17-7(11,12)13)4(10)5(2)14(15)16/h1H. The summed E-state index contributed by atoms with van der Waals surface area (Å²) in [7, 11) is 0. The van der Waals surface area contributed by atoms with Crippen LogP contribution < -0.4 is 4.74 Å². The quantitative estimate of drug-likeness (QED) is 0.458. The zero-order chi connectivity index (χ0) is 13.4. The molecule has 0 heterocycles. The summed E-state index contributed by atoms with van der Waals surface area (Å²) in [4.78, 5) is 9.63. The summed E-state index contributed by atoms with van der Waals surface area (Å²) in [6, 6.07) is 0.852. The fourth-order valence-corrected chi connectivity index (χ4v) is 1.99. The molecule has 0 aromatic heterocycles. The third-order valence-electron chi connectivity index (χ3n) is 1.50. The Hall–Kier alpha value is -0.560. The van der Waals surface area contributed by atoms with E-state index in [1.807, 2.05) is 0 Å². The molecule has 94 valence electrons. The fraction of sp³-hybridized carbons (Fsp3) is 0.143. The molecule has 0 fully saturated rings. The highest BCUT2D eigenvalue weighted by Gasteiger charge is 2.33. The molecule has 4 nitrogen and oxygen atoms in total. The lowest BCUT2D eigenvalue weighted by Crippen LogP contribution is -2.16. The lowest BCUT2D eigenvalue weighted by atomic mass is 10.3. The second kappa shape index (κ2) is 4.97. The molecule has 1 aromatic rings. The van der Waals surface area contributed by atoms with E-state index in [9.17, 15) is 18.9 Å². The zero-order valence-electron chi connectivity index (χ0n) is 7.52. The largest absolute Gasteiger partial charge is 0.487 e. The van der Waals surface area contributed by atoms with Crippen molar-refractivity contribution in [1.29, 1.82) is 0 Å². The third-order valence-corrected chi connectivity index (χ3v) is 2.50. The smallest absolute Gasteiger partial charge is 0.416 e. The van der Waals surface area contributed by atoms with Crippen LogP contribution in [-0.2, 0) is 0 Å². The van der Waals surface area contributed by atoms with Crippen LogP contribution in [0.2, 0.25) is 15.1 Å². The number of halogens is 6. The molecule has 17 heavy (non-hydrogen) atoms. The van der Waals surface area contributed by atoms with E-state index in [0.29, 0.717) is 0 Å². The van der Waals surface area contributed by atoms with Gasteiger partial charge in [-0.2, -0.15) is 0 Å². The lowest BCUT2D eigenvalue weighted by Gasteiger charge is -2.13. The van der Waals surface area contributed by atoms with Gasteiger partial charge in [-0.1, -0.05) is 34.8 Å². The first-order chi connectivity index (χ1) is 7.63. The van der Waals surface area contributed by atoms with Gasteiger partial charge in [0.15, 0.2) is 10.8 Å². The van der Waals surface area contributed by atoms with E-state index in [0.717, 1.165) is 6.07 Å². The maximum atomic E-state index is 12.4. The Morgan fingerprint density at radius 1 is 1.29 bits per heavy atom. The van der Waals surface area contributed by atoms with Gasteiger partial charge in [-0.25, -0.2) is 0 Å². The van der Waals surface area contributed by atoms with E-state index in [1.165, 1.54) is 0 Å². The van der Waals surface area contributed by atoms with Crippen molar-refractivity contribution in [3.05, 3.63) is 31.2 Å². The highest BCUT2D eigenvalue weighted by atomic mass is 35.5.